The number of hydrogen-bond donors (Lipinski definition) is 2. The number of carbonyl (C=O) groups is 1. The van der Waals surface area contributed by atoms with Crippen LogP contribution in [0.4, 0.5) is 11.8 Å². The van der Waals surface area contributed by atoms with Crippen molar-refractivity contribution in [3.63, 3.8) is 0 Å². The van der Waals surface area contributed by atoms with Gasteiger partial charge in [-0.15, -0.1) is 0 Å². The highest BCUT2D eigenvalue weighted by molar-refractivity contribution is 6.84. The summed E-state index contributed by atoms with van der Waals surface area (Å²) in [6.07, 6.45) is -0.732. The number of nitrogens with two attached hydrogens (primary N) is 2. The Kier molecular flexibility index (Phi) is 9.48. The van der Waals surface area contributed by atoms with E-state index in [-0.39, 0.29) is 59.5 Å². The molecular weight excluding hydrogens is 564 g/mol. The Labute approximate surface area is 244 Å². The predicted octanol–water partition coefficient (Wildman–Crippen LogP) is 3.79. The van der Waals surface area contributed by atoms with Gasteiger partial charge in [-0.3, -0.25) is 9.36 Å². The summed E-state index contributed by atoms with van der Waals surface area (Å²) in [6, 6.07) is 0. The van der Waals surface area contributed by atoms with E-state index in [0.29, 0.717) is 11.2 Å². The van der Waals surface area contributed by atoms with Crippen molar-refractivity contribution >= 4 is 46.0 Å². The molecule has 2 aliphatic rings. The number of anilines is 2. The van der Waals surface area contributed by atoms with E-state index in [1.165, 1.54) is 7.11 Å². The monoisotopic (exact) mass is 610 g/mol. The molecule has 2 saturated heterocycles. The fourth-order valence-electron chi connectivity index (χ4n) is 6.05. The maximum Gasteiger partial charge on any atom is 0.335 e. The number of imidazole rings is 1. The van der Waals surface area contributed by atoms with Crippen LogP contribution in [0.5, 0.6) is 0 Å². The molecule has 0 aromatic carbocycles. The van der Waals surface area contributed by atoms with Gasteiger partial charge >= 0.3 is 23.1 Å². The average Bonchev–Trinajstić information content (AvgIpc) is 3.44. The molecule has 2 aliphatic heterocycles. The van der Waals surface area contributed by atoms with E-state index in [2.05, 4.69) is 70.3 Å². The lowest BCUT2D eigenvalue weighted by Gasteiger charge is -2.51. The van der Waals surface area contributed by atoms with Crippen LogP contribution in [0, 0.1) is 0 Å². The average molecular weight is 611 g/mol. The molecule has 4 heterocycles. The molecule has 230 valence electrons. The van der Waals surface area contributed by atoms with Crippen molar-refractivity contribution in [3.8, 4) is 0 Å². The van der Waals surface area contributed by atoms with Gasteiger partial charge in [0.05, 0.1) is 33.1 Å². The molecule has 4 N–H and O–H groups in total. The zero-order chi connectivity index (χ0) is 30.3. The molecule has 2 fully saturated rings. The van der Waals surface area contributed by atoms with Crippen molar-refractivity contribution in [2.45, 2.75) is 109 Å². The Balaban J connectivity index is 1.82. The van der Waals surface area contributed by atoms with Crippen LogP contribution >= 0.6 is 0 Å². The first-order valence-electron chi connectivity index (χ1n) is 14.4. The van der Waals surface area contributed by atoms with Crippen LogP contribution in [-0.4, -0.2) is 81.2 Å². The second kappa shape index (κ2) is 12.2. The maximum atomic E-state index is 12.0. The fourth-order valence-corrected chi connectivity index (χ4v) is 17.3. The lowest BCUT2D eigenvalue weighted by Crippen LogP contribution is -2.66. The first-order chi connectivity index (χ1) is 19.3. The van der Waals surface area contributed by atoms with Crippen LogP contribution < -0.4 is 11.5 Å². The van der Waals surface area contributed by atoms with Gasteiger partial charge in [-0.05, 0) is 22.2 Å². The molecule has 4 atom stereocenters. The van der Waals surface area contributed by atoms with E-state index in [1.807, 2.05) is 0 Å². The van der Waals surface area contributed by atoms with E-state index < -0.39 is 41.7 Å². The first-order valence-corrected chi connectivity index (χ1v) is 18.3. The van der Waals surface area contributed by atoms with Crippen LogP contribution in [0.2, 0.25) is 22.2 Å². The molecule has 0 saturated carbocycles. The summed E-state index contributed by atoms with van der Waals surface area (Å²) in [5, 5.41) is 0. The van der Waals surface area contributed by atoms with Gasteiger partial charge in [0.25, 0.3) is 0 Å². The lowest BCUT2D eigenvalue weighted by atomic mass is 10.1. The van der Waals surface area contributed by atoms with E-state index in [1.54, 1.807) is 10.9 Å². The normalized spacial score (nSPS) is 26.1. The zero-order valence-electron chi connectivity index (χ0n) is 25.6. The number of hydrogen-bond acceptors (Lipinski definition) is 12. The molecule has 15 heteroatoms. The highest BCUT2D eigenvalue weighted by atomic mass is 28.5. The number of carbonyl (C=O) groups excluding carboxylic acids is 1. The Bertz CT molecular complexity index is 1210. The molecule has 13 nitrogen and oxygen atoms in total. The lowest BCUT2D eigenvalue weighted by molar-refractivity contribution is -0.143. The molecule has 0 bridgehead atoms. The second-order valence-corrected chi connectivity index (χ2v) is 20.9. The third-order valence-electron chi connectivity index (χ3n) is 8.20. The van der Waals surface area contributed by atoms with Gasteiger partial charge in [0, 0.05) is 0 Å². The van der Waals surface area contributed by atoms with Crippen molar-refractivity contribution in [1.29, 1.82) is 0 Å². The minimum Gasteiger partial charge on any atom is -0.469 e. The van der Waals surface area contributed by atoms with Crippen molar-refractivity contribution in [2.24, 2.45) is 0 Å². The van der Waals surface area contributed by atoms with Gasteiger partial charge < -0.3 is 38.6 Å². The summed E-state index contributed by atoms with van der Waals surface area (Å²) in [6.45, 7) is 17.7. The predicted molar refractivity (Wildman–Crippen MR) is 158 cm³/mol. The largest absolute Gasteiger partial charge is 0.469 e. The van der Waals surface area contributed by atoms with Gasteiger partial charge in [0.1, 0.15) is 23.8 Å². The van der Waals surface area contributed by atoms with Crippen LogP contribution in [0.15, 0.2) is 6.33 Å². The molecule has 0 spiro atoms. The molecule has 4 rings (SSSR count). The summed E-state index contributed by atoms with van der Waals surface area (Å²) in [7, 11) is -4.39. The highest BCUT2D eigenvalue weighted by Gasteiger charge is 2.62. The zero-order valence-corrected chi connectivity index (χ0v) is 27.6. The molecule has 0 radical (unpaired) electrons. The fraction of sp³-hybridized carbons (Fsp3) is 0.769. The standard InChI is InChI=1S/C26H46N6O7Si2/c1-14(2)40(15(3)4)36-12-18-21(38-41(39-40,16(5)6)17(7)8)22(35-11-10-19(33)34-9)25(37-18)32-13-29-20-23(27)30-26(28)31-24(20)32/h13-18,21-22,25H,10-12H2,1-9H3,(H4,27,28,30,31)/t18-,21+,22?,25-/m1/s1. The smallest absolute Gasteiger partial charge is 0.335 e. The van der Waals surface area contributed by atoms with E-state index in [4.69, 9.17) is 38.6 Å². The van der Waals surface area contributed by atoms with Crippen LogP contribution in [0.25, 0.3) is 11.2 Å². The third-order valence-corrected chi connectivity index (χ3v) is 18.4. The Hall–Kier alpha value is -2.15. The molecular formula is C26H46N6O7Si2. The van der Waals surface area contributed by atoms with Crippen molar-refractivity contribution in [3.05, 3.63) is 6.33 Å². The number of esters is 1. The number of rotatable bonds is 9. The van der Waals surface area contributed by atoms with Crippen molar-refractivity contribution < 1.29 is 32.0 Å². The number of fused-ring (bicyclic) bond motifs is 2. The number of nitrogen functional groups attached to an aromatic ring is 2. The third kappa shape index (κ3) is 5.77. The van der Waals surface area contributed by atoms with Gasteiger partial charge in [-0.25, -0.2) is 4.98 Å². The van der Waals surface area contributed by atoms with E-state index in [9.17, 15) is 4.79 Å². The molecule has 0 amide bonds. The Morgan fingerprint density at radius 3 is 2.27 bits per heavy atom. The van der Waals surface area contributed by atoms with Gasteiger partial charge in [-0.2, -0.15) is 9.97 Å². The number of nitrogens with zero attached hydrogens (tertiary/aromatic N) is 4. The molecule has 1 unspecified atom stereocenters. The van der Waals surface area contributed by atoms with E-state index in [0.717, 1.165) is 0 Å². The Morgan fingerprint density at radius 1 is 1.05 bits per heavy atom. The minimum absolute atomic E-state index is 0.0209. The molecule has 41 heavy (non-hydrogen) atoms. The molecule has 2 aromatic heterocycles. The second-order valence-electron chi connectivity index (χ2n) is 12.1. The summed E-state index contributed by atoms with van der Waals surface area (Å²) >= 11 is 0. The van der Waals surface area contributed by atoms with Gasteiger partial charge in [0.15, 0.2) is 17.7 Å². The van der Waals surface area contributed by atoms with E-state index >= 15 is 0 Å². The number of ether oxygens (including phenoxy) is 3. The minimum atomic E-state index is -2.97. The highest BCUT2D eigenvalue weighted by Crippen LogP contribution is 2.49. The molecule has 0 aliphatic carbocycles. The first kappa shape index (κ1) is 31.8. The van der Waals surface area contributed by atoms with Crippen molar-refractivity contribution in [2.75, 3.05) is 31.8 Å². The van der Waals surface area contributed by atoms with Crippen LogP contribution in [-0.2, 0) is 32.0 Å². The number of methoxy groups -OCH3 is 1. The maximum absolute atomic E-state index is 12.0. The molecule has 2 aromatic rings. The van der Waals surface area contributed by atoms with Crippen LogP contribution in [0.3, 0.4) is 0 Å². The summed E-state index contributed by atoms with van der Waals surface area (Å²) in [5.41, 5.74) is 13.5. The SMILES string of the molecule is COC(=O)CCOC1[C@H]2O[Si](C(C)C)(C(C)C)O[Si](C(C)C)(C(C)C)OC[C@H]2O[C@H]1n1cnc2c(N)nc(N)nc21. The summed E-state index contributed by atoms with van der Waals surface area (Å²) in [4.78, 5) is 24.8. The number of aromatic nitrogens is 4. The summed E-state index contributed by atoms with van der Waals surface area (Å²) in [5.74, 6) is -0.184. The Morgan fingerprint density at radius 2 is 1.68 bits per heavy atom. The quantitative estimate of drug-likeness (QED) is 0.312. The van der Waals surface area contributed by atoms with Crippen molar-refractivity contribution in [1.82, 2.24) is 19.5 Å². The van der Waals surface area contributed by atoms with Crippen LogP contribution in [0.1, 0.15) is 68.0 Å². The summed E-state index contributed by atoms with van der Waals surface area (Å²) < 4.78 is 41.2. The van der Waals surface area contributed by atoms with Gasteiger partial charge in [0.2, 0.25) is 5.95 Å². The topological polar surface area (TPSA) is 168 Å². The van der Waals surface area contributed by atoms with Gasteiger partial charge in [-0.1, -0.05) is 55.4 Å².